The minimum atomic E-state index is -4.52. The summed E-state index contributed by atoms with van der Waals surface area (Å²) >= 11 is 0. The van der Waals surface area contributed by atoms with Crippen molar-refractivity contribution in [3.8, 4) is 22.8 Å². The fourth-order valence-corrected chi connectivity index (χ4v) is 5.50. The second kappa shape index (κ2) is 11.0. The second-order valence-electron chi connectivity index (χ2n) is 11.6. The lowest BCUT2D eigenvalue weighted by Crippen LogP contribution is -2.30. The molecular formula is C30H32F3N9O. The van der Waals surface area contributed by atoms with Crippen molar-refractivity contribution in [2.45, 2.75) is 76.7 Å². The van der Waals surface area contributed by atoms with Gasteiger partial charge in [0, 0.05) is 48.9 Å². The van der Waals surface area contributed by atoms with Crippen molar-refractivity contribution < 1.29 is 18.3 Å². The van der Waals surface area contributed by atoms with E-state index in [9.17, 15) is 18.3 Å². The van der Waals surface area contributed by atoms with Gasteiger partial charge in [-0.1, -0.05) is 24.3 Å². The maximum absolute atomic E-state index is 13.3. The number of aromatic nitrogens is 8. The average Bonchev–Trinajstić information content (AvgIpc) is 3.64. The monoisotopic (exact) mass is 591 g/mol. The molecule has 0 saturated heterocycles. The van der Waals surface area contributed by atoms with Crippen molar-refractivity contribution in [1.29, 1.82) is 0 Å². The minimum absolute atomic E-state index is 0.161. The van der Waals surface area contributed by atoms with E-state index >= 15 is 0 Å². The summed E-state index contributed by atoms with van der Waals surface area (Å²) in [6.45, 7) is 5.90. The van der Waals surface area contributed by atoms with Crippen LogP contribution in [0.4, 0.5) is 19.0 Å². The van der Waals surface area contributed by atoms with Crippen LogP contribution in [0.25, 0.3) is 28.4 Å². The summed E-state index contributed by atoms with van der Waals surface area (Å²) in [7, 11) is 0. The average molecular weight is 592 g/mol. The van der Waals surface area contributed by atoms with E-state index in [-0.39, 0.29) is 17.8 Å². The first kappa shape index (κ1) is 28.7. The summed E-state index contributed by atoms with van der Waals surface area (Å²) in [5.41, 5.74) is 2.06. The number of imidazole rings is 2. The molecule has 1 aliphatic carbocycles. The van der Waals surface area contributed by atoms with Crippen molar-refractivity contribution in [3.05, 3.63) is 72.3 Å². The van der Waals surface area contributed by atoms with Crippen molar-refractivity contribution in [2.75, 3.05) is 5.32 Å². The molecule has 4 heterocycles. The molecule has 4 aromatic heterocycles. The molecule has 1 aliphatic rings. The van der Waals surface area contributed by atoms with Gasteiger partial charge in [0.2, 0.25) is 0 Å². The molecule has 2 N–H and O–H groups in total. The number of halogens is 3. The summed E-state index contributed by atoms with van der Waals surface area (Å²) in [6, 6.07) is 7.04. The molecule has 224 valence electrons. The molecule has 1 saturated carbocycles. The first-order chi connectivity index (χ1) is 20.5. The Bertz CT molecular complexity index is 1730. The summed E-state index contributed by atoms with van der Waals surface area (Å²) < 4.78 is 43.2. The molecule has 6 rings (SSSR count). The number of anilines is 1. The Balaban J connectivity index is 1.25. The molecule has 5 aromatic rings. The van der Waals surface area contributed by atoms with Crippen LogP contribution in [0.1, 0.15) is 75.4 Å². The molecule has 0 spiro atoms. The van der Waals surface area contributed by atoms with Gasteiger partial charge in [-0.2, -0.15) is 13.2 Å². The molecule has 0 radical (unpaired) electrons. The Hall–Kier alpha value is -4.39. The van der Waals surface area contributed by atoms with Crippen molar-refractivity contribution in [3.63, 3.8) is 0 Å². The number of aliphatic hydroxyl groups is 1. The fourth-order valence-electron chi connectivity index (χ4n) is 5.50. The number of nitrogens with zero attached hydrogens (tertiary/aromatic N) is 8. The van der Waals surface area contributed by atoms with Crippen LogP contribution in [0, 0.1) is 0 Å². The van der Waals surface area contributed by atoms with Crippen LogP contribution in [0.2, 0.25) is 0 Å². The van der Waals surface area contributed by atoms with Crippen molar-refractivity contribution in [1.82, 2.24) is 39.1 Å². The summed E-state index contributed by atoms with van der Waals surface area (Å²) in [5.74, 6) is 1.40. The Labute approximate surface area is 246 Å². The predicted molar refractivity (Wildman–Crippen MR) is 154 cm³/mol. The van der Waals surface area contributed by atoms with Crippen LogP contribution >= 0.6 is 0 Å². The lowest BCUT2D eigenvalue weighted by molar-refractivity contribution is -0.140. The smallest absolute Gasteiger partial charge is 0.390 e. The zero-order valence-electron chi connectivity index (χ0n) is 24.0. The molecular weight excluding hydrogens is 559 g/mol. The largest absolute Gasteiger partial charge is 0.434 e. The van der Waals surface area contributed by atoms with Gasteiger partial charge in [-0.25, -0.2) is 29.4 Å². The van der Waals surface area contributed by atoms with Crippen molar-refractivity contribution >= 4 is 11.5 Å². The molecule has 13 heteroatoms. The highest BCUT2D eigenvalue weighted by molar-refractivity contribution is 5.67. The van der Waals surface area contributed by atoms with Gasteiger partial charge in [0.25, 0.3) is 0 Å². The van der Waals surface area contributed by atoms with E-state index in [2.05, 4.69) is 30.4 Å². The van der Waals surface area contributed by atoms with E-state index in [0.29, 0.717) is 42.2 Å². The van der Waals surface area contributed by atoms with E-state index in [1.54, 1.807) is 35.2 Å². The number of hydrogen-bond acceptors (Lipinski definition) is 8. The Morgan fingerprint density at radius 2 is 1.84 bits per heavy atom. The lowest BCUT2D eigenvalue weighted by Gasteiger charge is -2.33. The molecule has 43 heavy (non-hydrogen) atoms. The predicted octanol–water partition coefficient (Wildman–Crippen LogP) is 6.07. The van der Waals surface area contributed by atoms with Gasteiger partial charge in [0.05, 0.1) is 16.9 Å². The highest BCUT2D eigenvalue weighted by atomic mass is 19.4. The number of alkyl halides is 3. The van der Waals surface area contributed by atoms with Gasteiger partial charge < -0.3 is 15.0 Å². The first-order valence-corrected chi connectivity index (χ1v) is 14.2. The number of fused-ring (bicyclic) bond motifs is 1. The van der Waals surface area contributed by atoms with E-state index < -0.39 is 17.5 Å². The van der Waals surface area contributed by atoms with E-state index in [4.69, 9.17) is 4.98 Å². The van der Waals surface area contributed by atoms with E-state index in [1.807, 2.05) is 32.9 Å². The Morgan fingerprint density at radius 3 is 2.53 bits per heavy atom. The third kappa shape index (κ3) is 5.94. The van der Waals surface area contributed by atoms with Gasteiger partial charge in [0.15, 0.2) is 23.0 Å². The highest BCUT2D eigenvalue weighted by Crippen LogP contribution is 2.40. The van der Waals surface area contributed by atoms with Gasteiger partial charge in [-0.3, -0.25) is 0 Å². The summed E-state index contributed by atoms with van der Waals surface area (Å²) in [4.78, 5) is 21.9. The maximum atomic E-state index is 13.3. The van der Waals surface area contributed by atoms with Gasteiger partial charge in [-0.15, -0.1) is 5.10 Å². The van der Waals surface area contributed by atoms with E-state index in [1.165, 1.54) is 10.9 Å². The van der Waals surface area contributed by atoms with Crippen LogP contribution in [0.3, 0.4) is 0 Å². The van der Waals surface area contributed by atoms with Crippen molar-refractivity contribution in [2.24, 2.45) is 0 Å². The maximum Gasteiger partial charge on any atom is 0.434 e. The van der Waals surface area contributed by atoms with Gasteiger partial charge >= 0.3 is 6.18 Å². The zero-order chi connectivity index (χ0) is 30.4. The fraction of sp³-hybridized carbons (Fsp3) is 0.400. The molecule has 1 aromatic carbocycles. The van der Waals surface area contributed by atoms with Gasteiger partial charge in [-0.05, 0) is 52.0 Å². The number of benzene rings is 1. The molecule has 0 atom stereocenters. The highest BCUT2D eigenvalue weighted by Gasteiger charge is 2.35. The summed E-state index contributed by atoms with van der Waals surface area (Å²) in [6.07, 6.45) is 6.17. The zero-order valence-corrected chi connectivity index (χ0v) is 24.0. The molecule has 0 bridgehead atoms. The molecule has 10 nitrogen and oxygen atoms in total. The molecule has 1 fully saturated rings. The lowest BCUT2D eigenvalue weighted by atomic mass is 9.78. The molecule has 0 unspecified atom stereocenters. The number of nitrogens with one attached hydrogen (secondary N) is 1. The SMILES string of the molecule is CC(C)n1cc(C(F)(F)F)nc1-c1ccc(CNc2nc(-c3cncnc3C3CCC(C)(O)CC3)nn3ccnc23)cc1. The summed E-state index contributed by atoms with van der Waals surface area (Å²) in [5, 5.41) is 18.4. The molecule has 0 amide bonds. The number of hydrogen-bond donors (Lipinski definition) is 2. The van der Waals surface area contributed by atoms with Crippen LogP contribution in [-0.2, 0) is 12.7 Å². The van der Waals surface area contributed by atoms with Crippen LogP contribution in [0.15, 0.2) is 55.4 Å². The second-order valence-corrected chi connectivity index (χ2v) is 11.6. The normalized spacial score (nSPS) is 19.3. The van der Waals surface area contributed by atoms with Gasteiger partial charge in [0.1, 0.15) is 12.2 Å². The first-order valence-electron chi connectivity index (χ1n) is 14.2. The third-order valence-electron chi connectivity index (χ3n) is 7.94. The van der Waals surface area contributed by atoms with Crippen LogP contribution in [0.5, 0.6) is 0 Å². The Morgan fingerprint density at radius 1 is 1.09 bits per heavy atom. The topological polar surface area (TPSA) is 119 Å². The number of rotatable bonds is 7. The third-order valence-corrected chi connectivity index (χ3v) is 7.94. The Kier molecular flexibility index (Phi) is 7.36. The van der Waals surface area contributed by atoms with Crippen LogP contribution < -0.4 is 5.32 Å². The van der Waals surface area contributed by atoms with E-state index in [0.717, 1.165) is 35.9 Å². The minimum Gasteiger partial charge on any atom is -0.390 e. The van der Waals surface area contributed by atoms with Crippen LogP contribution in [-0.4, -0.2) is 49.8 Å². The quantitative estimate of drug-likeness (QED) is 0.234. The standard InChI is InChI=1S/C30H32F3N9O/c1-18(2)41-16-23(30(31,32)33)38-27(41)21-6-4-19(5-7-21)14-36-26-28-35-12-13-42(28)40-25(39-26)22-15-34-17-37-24(22)20-8-10-29(3,43)11-9-20/h4-7,12-13,15-18,20,43H,8-11,14H2,1-3H3,(H,36,39,40). The molecule has 0 aliphatic heterocycles.